The van der Waals surface area contributed by atoms with Gasteiger partial charge < -0.3 is 5.11 Å². The first-order valence-electron chi connectivity index (χ1n) is 5.20. The summed E-state index contributed by atoms with van der Waals surface area (Å²) in [4.78, 5) is 3.79. The van der Waals surface area contributed by atoms with Gasteiger partial charge in [0.1, 0.15) is 23.4 Å². The fourth-order valence-corrected chi connectivity index (χ4v) is 1.58. The van der Waals surface area contributed by atoms with Crippen LogP contribution in [-0.2, 0) is 6.42 Å². The minimum absolute atomic E-state index is 0.0109. The molecule has 2 aromatic rings. The summed E-state index contributed by atoms with van der Waals surface area (Å²) in [7, 11) is 0. The summed E-state index contributed by atoms with van der Waals surface area (Å²) in [5, 5.41) is 9.83. The van der Waals surface area contributed by atoms with Gasteiger partial charge in [-0.2, -0.15) is 0 Å². The lowest BCUT2D eigenvalue weighted by Crippen LogP contribution is -2.06. The van der Waals surface area contributed by atoms with Crippen molar-refractivity contribution < 1.29 is 13.9 Å². The van der Waals surface area contributed by atoms with E-state index in [1.54, 1.807) is 12.1 Å². The third-order valence-corrected chi connectivity index (χ3v) is 2.44. The van der Waals surface area contributed by atoms with Gasteiger partial charge in [0.2, 0.25) is 0 Å². The molecule has 0 amide bonds. The van der Waals surface area contributed by atoms with Crippen LogP contribution in [0.2, 0.25) is 0 Å². The van der Waals surface area contributed by atoms with E-state index in [2.05, 4.69) is 4.98 Å². The molecule has 0 radical (unpaired) electrons. The minimum atomic E-state index is -1.03. The van der Waals surface area contributed by atoms with E-state index in [1.807, 2.05) is 0 Å². The average Bonchev–Trinajstić information content (AvgIpc) is 2.32. The Labute approximate surface area is 97.6 Å². The zero-order valence-electron chi connectivity index (χ0n) is 8.98. The van der Waals surface area contributed by atoms with Gasteiger partial charge in [0.15, 0.2) is 0 Å². The molecule has 0 saturated carbocycles. The summed E-state index contributed by atoms with van der Waals surface area (Å²) in [5.41, 5.74) is 0.737. The molecule has 0 fully saturated rings. The predicted octanol–water partition coefficient (Wildman–Crippen LogP) is 2.64. The zero-order chi connectivity index (χ0) is 12.3. The quantitative estimate of drug-likeness (QED) is 0.887. The van der Waals surface area contributed by atoms with Gasteiger partial charge in [-0.3, -0.25) is 4.98 Å². The molecule has 1 unspecified atom stereocenters. The van der Waals surface area contributed by atoms with Crippen LogP contribution in [0.25, 0.3) is 0 Å². The largest absolute Gasteiger partial charge is 0.386 e. The Morgan fingerprint density at radius 1 is 1.12 bits per heavy atom. The standard InChI is InChI=1S/C13H11F2NO/c14-10-5-3-9(4-6-10)8-12(17)13-11(15)2-1-7-16-13/h1-7,12,17H,8H2. The van der Waals surface area contributed by atoms with E-state index >= 15 is 0 Å². The SMILES string of the molecule is OC(Cc1ccc(F)cc1)c1ncccc1F. The van der Waals surface area contributed by atoms with Crippen LogP contribution in [0.4, 0.5) is 8.78 Å². The molecule has 1 N–H and O–H groups in total. The van der Waals surface area contributed by atoms with E-state index in [4.69, 9.17) is 0 Å². The molecule has 2 nitrogen and oxygen atoms in total. The van der Waals surface area contributed by atoms with Gasteiger partial charge in [-0.05, 0) is 29.8 Å². The van der Waals surface area contributed by atoms with Gasteiger partial charge in [-0.15, -0.1) is 0 Å². The average molecular weight is 235 g/mol. The second-order valence-electron chi connectivity index (χ2n) is 3.72. The van der Waals surface area contributed by atoms with E-state index in [9.17, 15) is 13.9 Å². The van der Waals surface area contributed by atoms with Crippen LogP contribution in [0.15, 0.2) is 42.6 Å². The second kappa shape index (κ2) is 5.01. The maximum absolute atomic E-state index is 13.3. The summed E-state index contributed by atoms with van der Waals surface area (Å²) >= 11 is 0. The Kier molecular flexibility index (Phi) is 3.44. The van der Waals surface area contributed by atoms with Gasteiger partial charge in [0.05, 0.1) is 0 Å². The van der Waals surface area contributed by atoms with Crippen LogP contribution in [0, 0.1) is 11.6 Å². The summed E-state index contributed by atoms with van der Waals surface area (Å²) < 4.78 is 26.0. The fraction of sp³-hybridized carbons (Fsp3) is 0.154. The molecule has 0 aliphatic rings. The van der Waals surface area contributed by atoms with Crippen LogP contribution in [-0.4, -0.2) is 10.1 Å². The predicted molar refractivity (Wildman–Crippen MR) is 59.3 cm³/mol. The number of rotatable bonds is 3. The Bertz CT molecular complexity index is 499. The van der Waals surface area contributed by atoms with E-state index < -0.39 is 11.9 Å². The van der Waals surface area contributed by atoms with Crippen LogP contribution in [0.1, 0.15) is 17.4 Å². The molecule has 0 aliphatic carbocycles. The van der Waals surface area contributed by atoms with Crippen LogP contribution < -0.4 is 0 Å². The minimum Gasteiger partial charge on any atom is -0.386 e. The summed E-state index contributed by atoms with van der Waals surface area (Å²) in [6.07, 6.45) is 0.599. The van der Waals surface area contributed by atoms with Crippen LogP contribution in [0.3, 0.4) is 0 Å². The lowest BCUT2D eigenvalue weighted by Gasteiger charge is -2.10. The number of hydrogen-bond acceptors (Lipinski definition) is 2. The first kappa shape index (κ1) is 11.7. The Hall–Kier alpha value is -1.81. The Morgan fingerprint density at radius 3 is 2.47 bits per heavy atom. The highest BCUT2D eigenvalue weighted by Gasteiger charge is 2.14. The molecule has 2 rings (SSSR count). The van der Waals surface area contributed by atoms with Crippen molar-refractivity contribution in [1.82, 2.24) is 4.98 Å². The molecular weight excluding hydrogens is 224 g/mol. The molecule has 1 heterocycles. The summed E-state index contributed by atoms with van der Waals surface area (Å²) in [6, 6.07) is 8.42. The lowest BCUT2D eigenvalue weighted by molar-refractivity contribution is 0.168. The van der Waals surface area contributed by atoms with Crippen molar-refractivity contribution in [3.05, 3.63) is 65.5 Å². The zero-order valence-corrected chi connectivity index (χ0v) is 8.98. The number of nitrogens with zero attached hydrogens (tertiary/aromatic N) is 1. The Balaban J connectivity index is 2.14. The molecule has 0 saturated heterocycles. The molecule has 0 spiro atoms. The number of aromatic nitrogens is 1. The molecule has 88 valence electrons. The molecule has 4 heteroatoms. The van der Waals surface area contributed by atoms with E-state index in [0.717, 1.165) is 5.56 Å². The number of halogens is 2. The van der Waals surface area contributed by atoms with Crippen molar-refractivity contribution in [2.45, 2.75) is 12.5 Å². The molecule has 1 aromatic carbocycles. The number of aliphatic hydroxyl groups is 1. The lowest BCUT2D eigenvalue weighted by atomic mass is 10.1. The molecule has 1 aromatic heterocycles. The molecule has 17 heavy (non-hydrogen) atoms. The van der Waals surface area contributed by atoms with Crippen molar-refractivity contribution in [2.75, 3.05) is 0 Å². The van der Waals surface area contributed by atoms with Gasteiger partial charge in [0.25, 0.3) is 0 Å². The van der Waals surface area contributed by atoms with Crippen molar-refractivity contribution in [1.29, 1.82) is 0 Å². The summed E-state index contributed by atoms with van der Waals surface area (Å²) in [6.45, 7) is 0. The normalized spacial score (nSPS) is 12.4. The molecular formula is C13H11F2NO. The number of benzene rings is 1. The maximum Gasteiger partial charge on any atom is 0.147 e. The van der Waals surface area contributed by atoms with Gasteiger partial charge in [-0.1, -0.05) is 12.1 Å². The van der Waals surface area contributed by atoms with Crippen molar-refractivity contribution in [2.24, 2.45) is 0 Å². The molecule has 1 atom stereocenters. The van der Waals surface area contributed by atoms with E-state index in [0.29, 0.717) is 0 Å². The van der Waals surface area contributed by atoms with Gasteiger partial charge in [0, 0.05) is 12.6 Å². The van der Waals surface area contributed by atoms with E-state index in [-0.39, 0.29) is 17.9 Å². The molecule has 0 aliphatic heterocycles. The topological polar surface area (TPSA) is 33.1 Å². The molecule has 0 bridgehead atoms. The fourth-order valence-electron chi connectivity index (χ4n) is 1.58. The van der Waals surface area contributed by atoms with Gasteiger partial charge in [-0.25, -0.2) is 8.78 Å². The highest BCUT2D eigenvalue weighted by atomic mass is 19.1. The highest BCUT2D eigenvalue weighted by Crippen LogP contribution is 2.18. The van der Waals surface area contributed by atoms with E-state index in [1.165, 1.54) is 30.5 Å². The Morgan fingerprint density at radius 2 is 1.82 bits per heavy atom. The van der Waals surface area contributed by atoms with Crippen molar-refractivity contribution in [3.63, 3.8) is 0 Å². The maximum atomic E-state index is 13.3. The van der Waals surface area contributed by atoms with Gasteiger partial charge >= 0.3 is 0 Å². The number of hydrogen-bond donors (Lipinski definition) is 1. The first-order valence-corrected chi connectivity index (χ1v) is 5.20. The number of aliphatic hydroxyl groups excluding tert-OH is 1. The van der Waals surface area contributed by atoms with Crippen LogP contribution >= 0.6 is 0 Å². The first-order chi connectivity index (χ1) is 8.16. The third kappa shape index (κ3) is 2.85. The summed E-state index contributed by atoms with van der Waals surface area (Å²) in [5.74, 6) is -0.880. The monoisotopic (exact) mass is 235 g/mol. The third-order valence-electron chi connectivity index (χ3n) is 2.44. The second-order valence-corrected chi connectivity index (χ2v) is 3.72. The van der Waals surface area contributed by atoms with Crippen LogP contribution in [0.5, 0.6) is 0 Å². The number of pyridine rings is 1. The van der Waals surface area contributed by atoms with Crippen molar-refractivity contribution >= 4 is 0 Å². The highest BCUT2D eigenvalue weighted by molar-refractivity contribution is 5.19. The smallest absolute Gasteiger partial charge is 0.147 e. The van der Waals surface area contributed by atoms with Crippen molar-refractivity contribution in [3.8, 4) is 0 Å².